The fourth-order valence-corrected chi connectivity index (χ4v) is 2.41. The van der Waals surface area contributed by atoms with Crippen LogP contribution in [0.15, 0.2) is 40.9 Å². The third kappa shape index (κ3) is 3.22. The second kappa shape index (κ2) is 6.41. The van der Waals surface area contributed by atoms with Gasteiger partial charge in [0.15, 0.2) is 0 Å². The summed E-state index contributed by atoms with van der Waals surface area (Å²) in [5.74, 6) is -1.54. The van der Waals surface area contributed by atoms with Gasteiger partial charge >= 0.3 is 0 Å². The molecule has 2 aromatic rings. The number of halogens is 4. The fourth-order valence-electron chi connectivity index (χ4n) is 2.04. The maximum absolute atomic E-state index is 14.0. The number of rotatable bonds is 4. The minimum atomic E-state index is -0.604. The smallest absolute Gasteiger partial charge is 0.143 e. The second-order valence-electron chi connectivity index (χ2n) is 4.42. The molecule has 0 saturated carbocycles. The minimum absolute atomic E-state index is 0.00282. The first-order valence-corrected chi connectivity index (χ1v) is 6.87. The van der Waals surface area contributed by atoms with E-state index in [1.807, 2.05) is 0 Å². The molecular formula is C15H13BrF3N. The lowest BCUT2D eigenvalue weighted by Crippen LogP contribution is -2.20. The SMILES string of the molecule is CNC(Cc1c(F)ccc(Br)c1F)c1ccc(F)cc1. The summed E-state index contributed by atoms with van der Waals surface area (Å²) in [5, 5.41) is 2.99. The van der Waals surface area contributed by atoms with E-state index in [1.54, 1.807) is 19.2 Å². The molecule has 0 aliphatic carbocycles. The maximum atomic E-state index is 14.0. The zero-order valence-electron chi connectivity index (χ0n) is 10.8. The van der Waals surface area contributed by atoms with Gasteiger partial charge in [-0.2, -0.15) is 0 Å². The van der Waals surface area contributed by atoms with Gasteiger partial charge in [-0.05, 0) is 59.2 Å². The summed E-state index contributed by atoms with van der Waals surface area (Å²) in [4.78, 5) is 0. The Morgan fingerprint density at radius 2 is 1.70 bits per heavy atom. The molecule has 0 aliphatic heterocycles. The van der Waals surface area contributed by atoms with Gasteiger partial charge in [-0.1, -0.05) is 12.1 Å². The van der Waals surface area contributed by atoms with Gasteiger partial charge in [-0.15, -0.1) is 0 Å². The van der Waals surface area contributed by atoms with Crippen molar-refractivity contribution in [1.29, 1.82) is 0 Å². The van der Waals surface area contributed by atoms with Crippen LogP contribution in [0.25, 0.3) is 0 Å². The molecule has 2 rings (SSSR count). The van der Waals surface area contributed by atoms with E-state index in [0.717, 1.165) is 5.56 Å². The third-order valence-corrected chi connectivity index (χ3v) is 3.78. The van der Waals surface area contributed by atoms with E-state index in [2.05, 4.69) is 21.2 Å². The molecule has 0 amide bonds. The number of hydrogen-bond donors (Lipinski definition) is 1. The van der Waals surface area contributed by atoms with Crippen LogP contribution >= 0.6 is 15.9 Å². The van der Waals surface area contributed by atoms with Crippen LogP contribution in [0.2, 0.25) is 0 Å². The van der Waals surface area contributed by atoms with E-state index in [-0.39, 0.29) is 28.3 Å². The van der Waals surface area contributed by atoms with Crippen LogP contribution in [-0.4, -0.2) is 7.05 Å². The van der Waals surface area contributed by atoms with Crippen molar-refractivity contribution in [2.24, 2.45) is 0 Å². The Morgan fingerprint density at radius 3 is 2.30 bits per heavy atom. The average molecular weight is 344 g/mol. The molecular weight excluding hydrogens is 331 g/mol. The van der Waals surface area contributed by atoms with Crippen molar-refractivity contribution >= 4 is 15.9 Å². The first-order chi connectivity index (χ1) is 9.52. The predicted molar refractivity (Wildman–Crippen MR) is 76.0 cm³/mol. The van der Waals surface area contributed by atoms with Crippen molar-refractivity contribution < 1.29 is 13.2 Å². The van der Waals surface area contributed by atoms with Crippen molar-refractivity contribution in [2.45, 2.75) is 12.5 Å². The Hall–Kier alpha value is -1.33. The largest absolute Gasteiger partial charge is 0.313 e. The molecule has 2 aromatic carbocycles. The number of benzene rings is 2. The van der Waals surface area contributed by atoms with Gasteiger partial charge < -0.3 is 5.32 Å². The highest BCUT2D eigenvalue weighted by Crippen LogP contribution is 2.26. The Balaban J connectivity index is 2.31. The van der Waals surface area contributed by atoms with Gasteiger partial charge in [0.1, 0.15) is 17.5 Å². The minimum Gasteiger partial charge on any atom is -0.313 e. The molecule has 1 atom stereocenters. The van der Waals surface area contributed by atoms with Crippen LogP contribution in [0, 0.1) is 17.5 Å². The molecule has 20 heavy (non-hydrogen) atoms. The lowest BCUT2D eigenvalue weighted by atomic mass is 9.98. The molecule has 0 radical (unpaired) electrons. The van der Waals surface area contributed by atoms with Gasteiger partial charge in [0, 0.05) is 11.6 Å². The molecule has 0 bridgehead atoms. The summed E-state index contributed by atoms with van der Waals surface area (Å²) < 4.78 is 40.9. The number of likely N-dealkylation sites (N-methyl/N-ethyl adjacent to an activating group) is 1. The van der Waals surface area contributed by atoms with E-state index in [1.165, 1.54) is 24.3 Å². The van der Waals surface area contributed by atoms with E-state index < -0.39 is 11.6 Å². The van der Waals surface area contributed by atoms with E-state index in [4.69, 9.17) is 0 Å². The van der Waals surface area contributed by atoms with E-state index in [0.29, 0.717) is 0 Å². The quantitative estimate of drug-likeness (QED) is 0.813. The molecule has 0 aliphatic rings. The lowest BCUT2D eigenvalue weighted by molar-refractivity contribution is 0.512. The van der Waals surface area contributed by atoms with Gasteiger partial charge in [-0.25, -0.2) is 13.2 Å². The van der Waals surface area contributed by atoms with Crippen molar-refractivity contribution in [2.75, 3.05) is 7.05 Å². The van der Waals surface area contributed by atoms with Crippen LogP contribution in [0.5, 0.6) is 0 Å². The summed E-state index contributed by atoms with van der Waals surface area (Å²) in [7, 11) is 1.70. The summed E-state index contributed by atoms with van der Waals surface area (Å²) in [6.07, 6.45) is 0.138. The Morgan fingerprint density at radius 1 is 1.05 bits per heavy atom. The second-order valence-corrected chi connectivity index (χ2v) is 5.27. The van der Waals surface area contributed by atoms with Crippen LogP contribution in [0.1, 0.15) is 17.2 Å². The summed E-state index contributed by atoms with van der Waals surface area (Å²) >= 11 is 3.05. The van der Waals surface area contributed by atoms with Gasteiger partial charge in [-0.3, -0.25) is 0 Å². The topological polar surface area (TPSA) is 12.0 Å². The van der Waals surface area contributed by atoms with Crippen molar-refractivity contribution in [3.05, 3.63) is 69.4 Å². The summed E-state index contributed by atoms with van der Waals surface area (Å²) in [6, 6.07) is 8.11. The van der Waals surface area contributed by atoms with E-state index >= 15 is 0 Å². The Kier molecular flexibility index (Phi) is 4.83. The average Bonchev–Trinajstić information content (AvgIpc) is 2.45. The Labute approximate surface area is 123 Å². The fraction of sp³-hybridized carbons (Fsp3) is 0.200. The van der Waals surface area contributed by atoms with Gasteiger partial charge in [0.25, 0.3) is 0 Å². The molecule has 0 spiro atoms. The first-order valence-electron chi connectivity index (χ1n) is 6.08. The van der Waals surface area contributed by atoms with Crippen molar-refractivity contribution in [3.63, 3.8) is 0 Å². The number of hydrogen-bond acceptors (Lipinski definition) is 1. The van der Waals surface area contributed by atoms with E-state index in [9.17, 15) is 13.2 Å². The maximum Gasteiger partial charge on any atom is 0.143 e. The molecule has 1 N–H and O–H groups in total. The summed E-state index contributed by atoms with van der Waals surface area (Å²) in [5.41, 5.74) is 0.774. The molecule has 0 fully saturated rings. The van der Waals surface area contributed by atoms with Gasteiger partial charge in [0.05, 0.1) is 4.47 Å². The van der Waals surface area contributed by atoms with Crippen LogP contribution in [0.4, 0.5) is 13.2 Å². The monoisotopic (exact) mass is 343 g/mol. The lowest BCUT2D eigenvalue weighted by Gasteiger charge is -2.18. The van der Waals surface area contributed by atoms with Gasteiger partial charge in [0.2, 0.25) is 0 Å². The van der Waals surface area contributed by atoms with Crippen molar-refractivity contribution in [3.8, 4) is 0 Å². The van der Waals surface area contributed by atoms with Crippen LogP contribution < -0.4 is 5.32 Å². The highest BCUT2D eigenvalue weighted by molar-refractivity contribution is 9.10. The Bertz CT molecular complexity index is 599. The zero-order chi connectivity index (χ0) is 14.7. The molecule has 0 heterocycles. The number of nitrogens with one attached hydrogen (secondary N) is 1. The third-order valence-electron chi connectivity index (χ3n) is 3.17. The van der Waals surface area contributed by atoms with Crippen LogP contribution in [0.3, 0.4) is 0 Å². The van der Waals surface area contributed by atoms with Crippen LogP contribution in [-0.2, 0) is 6.42 Å². The molecule has 1 nitrogen and oxygen atoms in total. The van der Waals surface area contributed by atoms with Crippen molar-refractivity contribution in [1.82, 2.24) is 5.32 Å². The summed E-state index contributed by atoms with van der Waals surface area (Å²) in [6.45, 7) is 0. The zero-order valence-corrected chi connectivity index (χ0v) is 12.3. The highest BCUT2D eigenvalue weighted by atomic mass is 79.9. The molecule has 0 saturated heterocycles. The molecule has 1 unspecified atom stereocenters. The first kappa shape index (κ1) is 15.1. The highest BCUT2D eigenvalue weighted by Gasteiger charge is 2.18. The normalized spacial score (nSPS) is 12.4. The molecule has 106 valence electrons. The molecule has 5 heteroatoms. The molecule has 0 aromatic heterocycles. The standard InChI is InChI=1S/C15H13BrF3N/c1-20-14(9-2-4-10(17)5-3-9)8-11-13(18)7-6-12(16)15(11)19/h2-7,14,20H,8H2,1H3. The predicted octanol–water partition coefficient (Wildman–Crippen LogP) is 4.37.